The summed E-state index contributed by atoms with van der Waals surface area (Å²) in [5.41, 5.74) is 4.23. The van der Waals surface area contributed by atoms with Crippen LogP contribution >= 0.6 is 0 Å². The van der Waals surface area contributed by atoms with Crippen molar-refractivity contribution in [2.75, 3.05) is 25.5 Å². The highest BCUT2D eigenvalue weighted by atomic mass is 16.5. The minimum absolute atomic E-state index is 0.112. The lowest BCUT2D eigenvalue weighted by molar-refractivity contribution is 0.198. The number of benzene rings is 1. The van der Waals surface area contributed by atoms with Crippen LogP contribution in [0.4, 0.5) is 10.5 Å². The van der Waals surface area contributed by atoms with Crippen molar-refractivity contribution in [2.45, 2.75) is 32.1 Å². The normalized spacial score (nSPS) is 18.9. The number of carbonyl (C=O) groups excluding carboxylic acids is 1. The molecule has 2 amide bonds. The van der Waals surface area contributed by atoms with E-state index in [1.165, 1.54) is 18.4 Å². The summed E-state index contributed by atoms with van der Waals surface area (Å²) < 4.78 is 11.1. The van der Waals surface area contributed by atoms with Gasteiger partial charge in [0.15, 0.2) is 0 Å². The third-order valence-corrected chi connectivity index (χ3v) is 6.48. The van der Waals surface area contributed by atoms with E-state index in [0.29, 0.717) is 30.6 Å². The van der Waals surface area contributed by atoms with Crippen molar-refractivity contribution in [3.8, 4) is 17.4 Å². The van der Waals surface area contributed by atoms with Gasteiger partial charge >= 0.3 is 6.03 Å². The third-order valence-electron chi connectivity index (χ3n) is 6.48. The van der Waals surface area contributed by atoms with Crippen LogP contribution in [-0.4, -0.2) is 41.1 Å². The second kappa shape index (κ2) is 10.2. The first-order chi connectivity index (χ1) is 17.1. The number of pyridine rings is 2. The molecule has 1 aromatic carbocycles. The summed E-state index contributed by atoms with van der Waals surface area (Å²) in [5.74, 6) is 2.95. The number of urea groups is 1. The number of piperidine rings is 1. The maximum absolute atomic E-state index is 12.7. The zero-order valence-corrected chi connectivity index (χ0v) is 20.1. The van der Waals surface area contributed by atoms with Crippen molar-refractivity contribution < 1.29 is 14.3 Å². The van der Waals surface area contributed by atoms with Crippen LogP contribution in [0.5, 0.6) is 17.4 Å². The molecule has 1 aliphatic heterocycles. The van der Waals surface area contributed by atoms with Gasteiger partial charge in [0.1, 0.15) is 11.5 Å². The number of nitrogens with zero attached hydrogens (tertiary/aromatic N) is 3. The number of hydrogen-bond acceptors (Lipinski definition) is 5. The topological polar surface area (TPSA) is 76.6 Å². The molecule has 0 radical (unpaired) electrons. The van der Waals surface area contributed by atoms with E-state index in [4.69, 9.17) is 9.47 Å². The highest BCUT2D eigenvalue weighted by Crippen LogP contribution is 2.39. The Bertz CT molecular complexity index is 1200. The van der Waals surface area contributed by atoms with Crippen LogP contribution in [0, 0.1) is 5.92 Å². The van der Waals surface area contributed by atoms with Gasteiger partial charge in [-0.25, -0.2) is 9.78 Å². The number of anilines is 1. The van der Waals surface area contributed by atoms with E-state index >= 15 is 0 Å². The summed E-state index contributed by atoms with van der Waals surface area (Å²) in [6.45, 7) is 3.49. The van der Waals surface area contributed by atoms with Crippen LogP contribution in [0.1, 0.15) is 43.4 Å². The Morgan fingerprint density at radius 2 is 1.97 bits per heavy atom. The number of amides is 2. The van der Waals surface area contributed by atoms with Gasteiger partial charge in [-0.05, 0) is 61.1 Å². The Kier molecular flexibility index (Phi) is 6.66. The molecule has 1 atom stereocenters. The minimum Gasteiger partial charge on any atom is -0.481 e. The Hall–Kier alpha value is -3.87. The zero-order valence-electron chi connectivity index (χ0n) is 20.1. The predicted octanol–water partition coefficient (Wildman–Crippen LogP) is 6.11. The van der Waals surface area contributed by atoms with Gasteiger partial charge in [0, 0.05) is 30.8 Å². The fraction of sp³-hybridized carbons (Fsp3) is 0.321. The van der Waals surface area contributed by atoms with E-state index in [9.17, 15) is 4.79 Å². The van der Waals surface area contributed by atoms with Crippen molar-refractivity contribution in [3.63, 3.8) is 0 Å². The molecule has 7 heteroatoms. The first-order valence-corrected chi connectivity index (χ1v) is 12.1. The van der Waals surface area contributed by atoms with Gasteiger partial charge in [-0.3, -0.25) is 4.98 Å². The van der Waals surface area contributed by atoms with Crippen LogP contribution in [0.15, 0.2) is 66.5 Å². The molecule has 1 saturated carbocycles. The van der Waals surface area contributed by atoms with Gasteiger partial charge in [-0.2, -0.15) is 0 Å². The molecule has 2 aliphatic rings. The number of carbonyl (C=O) groups is 1. The molecule has 1 aliphatic carbocycles. The Labute approximate surface area is 205 Å². The van der Waals surface area contributed by atoms with Crippen molar-refractivity contribution in [2.24, 2.45) is 5.92 Å². The first-order valence-electron chi connectivity index (χ1n) is 12.1. The molecule has 7 nitrogen and oxygen atoms in total. The lowest BCUT2D eigenvalue weighted by atomic mass is 9.91. The fourth-order valence-electron chi connectivity index (χ4n) is 4.32. The van der Waals surface area contributed by atoms with Gasteiger partial charge in [0.05, 0.1) is 25.2 Å². The van der Waals surface area contributed by atoms with Crippen molar-refractivity contribution in [1.82, 2.24) is 14.9 Å². The molecule has 1 unspecified atom stereocenters. The second-order valence-electron chi connectivity index (χ2n) is 9.20. The number of nitrogens with one attached hydrogen (secondary N) is 1. The predicted molar refractivity (Wildman–Crippen MR) is 136 cm³/mol. The zero-order chi connectivity index (χ0) is 24.2. The van der Waals surface area contributed by atoms with E-state index in [1.54, 1.807) is 25.4 Å². The molecule has 1 saturated heterocycles. The Morgan fingerprint density at radius 3 is 2.66 bits per heavy atom. The maximum Gasteiger partial charge on any atom is 0.321 e. The number of hydrogen-bond donors (Lipinski definition) is 1. The van der Waals surface area contributed by atoms with Gasteiger partial charge < -0.3 is 19.7 Å². The number of rotatable bonds is 6. The minimum atomic E-state index is -0.112. The average Bonchev–Trinajstić information content (AvgIpc) is 3.72. The molecule has 2 aromatic heterocycles. The van der Waals surface area contributed by atoms with Crippen molar-refractivity contribution in [1.29, 1.82) is 0 Å². The number of likely N-dealkylation sites (tertiary alicyclic amines) is 1. The first kappa shape index (κ1) is 22.9. The highest BCUT2D eigenvalue weighted by Gasteiger charge is 2.25. The molecule has 0 bridgehead atoms. The standard InChI is InChI=1S/C28H30N4O3/c1-19-18-32(28(33)31-23-8-11-27(34-2)30-16-23)13-12-22(19)14-20-4-3-5-24(15-20)35-25-9-10-26(29-17-25)21-6-7-21/h3-5,8-11,14-17,19,21H,6-7,12-13,18H2,1-2H3,(H,31,33)/b22-14+. The van der Waals surface area contributed by atoms with E-state index in [-0.39, 0.29) is 11.9 Å². The molecule has 0 spiro atoms. The monoisotopic (exact) mass is 470 g/mol. The van der Waals surface area contributed by atoms with Gasteiger partial charge in [0.2, 0.25) is 5.88 Å². The molecule has 5 rings (SSSR count). The summed E-state index contributed by atoms with van der Waals surface area (Å²) in [4.78, 5) is 23.3. The van der Waals surface area contributed by atoms with Crippen molar-refractivity contribution >= 4 is 17.8 Å². The number of methoxy groups -OCH3 is 1. The molecule has 3 aromatic rings. The van der Waals surface area contributed by atoms with E-state index in [0.717, 1.165) is 29.2 Å². The smallest absolute Gasteiger partial charge is 0.321 e. The van der Waals surface area contributed by atoms with Gasteiger partial charge in [0.25, 0.3) is 0 Å². The summed E-state index contributed by atoms with van der Waals surface area (Å²) in [5, 5.41) is 2.92. The average molecular weight is 471 g/mol. The van der Waals surface area contributed by atoms with Crippen LogP contribution < -0.4 is 14.8 Å². The molecule has 35 heavy (non-hydrogen) atoms. The lowest BCUT2D eigenvalue weighted by Crippen LogP contribution is -2.42. The fourth-order valence-corrected chi connectivity index (χ4v) is 4.32. The summed E-state index contributed by atoms with van der Waals surface area (Å²) in [6, 6.07) is 15.6. The second-order valence-corrected chi connectivity index (χ2v) is 9.20. The molecule has 180 valence electrons. The summed E-state index contributed by atoms with van der Waals surface area (Å²) in [7, 11) is 1.56. The summed E-state index contributed by atoms with van der Waals surface area (Å²) >= 11 is 0. The Balaban J connectivity index is 1.19. The lowest BCUT2D eigenvalue weighted by Gasteiger charge is -2.33. The third kappa shape index (κ3) is 5.80. The van der Waals surface area contributed by atoms with E-state index < -0.39 is 0 Å². The SMILES string of the molecule is COc1ccc(NC(=O)N2CC/C(=C\c3cccc(Oc4ccc(C5CC5)nc4)c3)C(C)C2)cn1. The maximum atomic E-state index is 12.7. The molecular weight excluding hydrogens is 440 g/mol. The highest BCUT2D eigenvalue weighted by molar-refractivity contribution is 5.89. The molecule has 3 heterocycles. The molecule has 2 fully saturated rings. The van der Waals surface area contributed by atoms with Gasteiger partial charge in [-0.15, -0.1) is 0 Å². The number of aromatic nitrogens is 2. The largest absolute Gasteiger partial charge is 0.481 e. The molecule has 1 N–H and O–H groups in total. The van der Waals surface area contributed by atoms with Crippen LogP contribution in [0.25, 0.3) is 6.08 Å². The van der Waals surface area contributed by atoms with E-state index in [1.807, 2.05) is 35.4 Å². The van der Waals surface area contributed by atoms with E-state index in [2.05, 4.69) is 40.4 Å². The summed E-state index contributed by atoms with van der Waals surface area (Å²) in [6.07, 6.45) is 8.93. The Morgan fingerprint density at radius 1 is 1.09 bits per heavy atom. The van der Waals surface area contributed by atoms with Crippen molar-refractivity contribution in [3.05, 3.63) is 77.8 Å². The quantitative estimate of drug-likeness (QED) is 0.470. The molecular formula is C28H30N4O3. The van der Waals surface area contributed by atoms with Crippen LogP contribution in [-0.2, 0) is 0 Å². The van der Waals surface area contributed by atoms with Crippen LogP contribution in [0.2, 0.25) is 0 Å². The van der Waals surface area contributed by atoms with Gasteiger partial charge in [-0.1, -0.05) is 30.7 Å². The number of ether oxygens (including phenoxy) is 2. The van der Waals surface area contributed by atoms with Crippen LogP contribution in [0.3, 0.4) is 0 Å².